The first-order chi connectivity index (χ1) is 12.8. The summed E-state index contributed by atoms with van der Waals surface area (Å²) < 4.78 is 3.18. The Morgan fingerprint density at radius 2 is 1.81 bits per heavy atom. The largest absolute Gasteiger partial charge is 0.284 e. The molecule has 0 N–H and O–H groups in total. The van der Waals surface area contributed by atoms with E-state index in [0.29, 0.717) is 22.5 Å². The summed E-state index contributed by atoms with van der Waals surface area (Å²) in [6, 6.07) is 15.0. The van der Waals surface area contributed by atoms with Gasteiger partial charge in [0.15, 0.2) is 5.82 Å². The normalized spacial score (nSPS) is 11.2. The molecule has 0 saturated carbocycles. The van der Waals surface area contributed by atoms with Crippen molar-refractivity contribution in [1.29, 1.82) is 0 Å². The van der Waals surface area contributed by atoms with Crippen molar-refractivity contribution in [2.24, 2.45) is 0 Å². The Bertz CT molecular complexity index is 1290. The Balaban J connectivity index is 1.75. The van der Waals surface area contributed by atoms with Crippen molar-refractivity contribution in [2.75, 3.05) is 0 Å². The molecule has 4 aromatic heterocycles. The molecule has 0 fully saturated rings. The van der Waals surface area contributed by atoms with Gasteiger partial charge in [0.25, 0.3) is 11.3 Å². The third-order valence-electron chi connectivity index (χ3n) is 4.19. The zero-order valence-corrected chi connectivity index (χ0v) is 13.5. The molecular weight excluding hydrogens is 328 g/mol. The number of hydrogen-bond donors (Lipinski definition) is 0. The van der Waals surface area contributed by atoms with Crippen LogP contribution < -0.4 is 5.56 Å². The second-order valence-corrected chi connectivity index (χ2v) is 5.77. The molecule has 0 saturated heterocycles. The lowest BCUT2D eigenvalue weighted by atomic mass is 10.2. The first-order valence-corrected chi connectivity index (χ1v) is 8.04. The lowest BCUT2D eigenvalue weighted by Crippen LogP contribution is -2.18. The zero-order valence-electron chi connectivity index (χ0n) is 13.5. The topological polar surface area (TPSA) is 78.0 Å². The summed E-state index contributed by atoms with van der Waals surface area (Å²) in [7, 11) is 0. The van der Waals surface area contributed by atoms with Crippen molar-refractivity contribution in [3.05, 3.63) is 83.7 Å². The molecule has 5 aromatic rings. The number of pyridine rings is 2. The van der Waals surface area contributed by atoms with E-state index in [1.165, 1.54) is 0 Å². The summed E-state index contributed by atoms with van der Waals surface area (Å²) >= 11 is 0. The summed E-state index contributed by atoms with van der Waals surface area (Å²) in [4.78, 5) is 25.7. The van der Waals surface area contributed by atoms with Gasteiger partial charge in [-0.05, 0) is 30.3 Å². The smallest absolute Gasteiger partial charge is 0.266 e. The molecule has 0 aliphatic heterocycles. The van der Waals surface area contributed by atoms with Gasteiger partial charge in [0.05, 0.1) is 10.9 Å². The van der Waals surface area contributed by atoms with Crippen LogP contribution in [0, 0.1) is 0 Å². The van der Waals surface area contributed by atoms with E-state index >= 15 is 0 Å². The summed E-state index contributed by atoms with van der Waals surface area (Å²) in [6.07, 6.45) is 6.68. The molecular formula is C19H12N6O. The molecule has 4 heterocycles. The van der Waals surface area contributed by atoms with Crippen LogP contribution in [-0.2, 0) is 0 Å². The molecule has 0 bridgehead atoms. The van der Waals surface area contributed by atoms with Gasteiger partial charge in [-0.2, -0.15) is 9.50 Å². The van der Waals surface area contributed by atoms with Gasteiger partial charge in [-0.1, -0.05) is 18.2 Å². The van der Waals surface area contributed by atoms with Crippen molar-refractivity contribution in [1.82, 2.24) is 29.1 Å². The van der Waals surface area contributed by atoms with Gasteiger partial charge in [0.2, 0.25) is 0 Å². The second-order valence-electron chi connectivity index (χ2n) is 5.77. The lowest BCUT2D eigenvalue weighted by Gasteiger charge is -2.07. The molecule has 0 aliphatic rings. The quantitative estimate of drug-likeness (QED) is 0.493. The molecule has 26 heavy (non-hydrogen) atoms. The van der Waals surface area contributed by atoms with Gasteiger partial charge < -0.3 is 0 Å². The Morgan fingerprint density at radius 3 is 2.62 bits per heavy atom. The maximum Gasteiger partial charge on any atom is 0.266 e. The van der Waals surface area contributed by atoms with Crippen molar-refractivity contribution < 1.29 is 0 Å². The third kappa shape index (κ3) is 2.18. The Hall–Kier alpha value is -3.87. The molecule has 1 aromatic carbocycles. The summed E-state index contributed by atoms with van der Waals surface area (Å²) in [5.74, 6) is 0.957. The van der Waals surface area contributed by atoms with E-state index in [2.05, 4.69) is 20.1 Å². The zero-order chi connectivity index (χ0) is 17.5. The molecule has 124 valence electrons. The monoisotopic (exact) mass is 340 g/mol. The molecule has 0 spiro atoms. The van der Waals surface area contributed by atoms with Gasteiger partial charge in [0.1, 0.15) is 0 Å². The molecule has 0 radical (unpaired) electrons. The highest BCUT2D eigenvalue weighted by Gasteiger charge is 2.13. The van der Waals surface area contributed by atoms with Crippen molar-refractivity contribution in [3.63, 3.8) is 0 Å². The molecule has 0 amide bonds. The Morgan fingerprint density at radius 1 is 0.923 bits per heavy atom. The standard InChI is InChI=1S/C19H12N6O/c26-18-15-12-21-19-22-17(13-5-4-9-20-11-13)23-25(19)16(15)8-10-24(18)14-6-2-1-3-7-14/h1-12H. The Labute approximate surface area is 147 Å². The SMILES string of the molecule is O=c1c2cnc3nc(-c4cccnc4)nn3c2ccn1-c1ccccc1. The fourth-order valence-electron chi connectivity index (χ4n) is 2.93. The van der Waals surface area contributed by atoms with Gasteiger partial charge >= 0.3 is 0 Å². The van der Waals surface area contributed by atoms with Crippen LogP contribution >= 0.6 is 0 Å². The van der Waals surface area contributed by atoms with Gasteiger partial charge in [-0.3, -0.25) is 14.3 Å². The molecule has 7 heteroatoms. The van der Waals surface area contributed by atoms with E-state index in [9.17, 15) is 4.79 Å². The van der Waals surface area contributed by atoms with Crippen LogP contribution in [0.4, 0.5) is 0 Å². The van der Waals surface area contributed by atoms with Gasteiger partial charge in [0, 0.05) is 36.0 Å². The van der Waals surface area contributed by atoms with E-state index in [1.54, 1.807) is 33.9 Å². The van der Waals surface area contributed by atoms with E-state index in [-0.39, 0.29) is 5.56 Å². The van der Waals surface area contributed by atoms with Crippen molar-refractivity contribution in [2.45, 2.75) is 0 Å². The molecule has 0 atom stereocenters. The van der Waals surface area contributed by atoms with E-state index in [1.807, 2.05) is 48.5 Å². The molecule has 5 rings (SSSR count). The van der Waals surface area contributed by atoms with Crippen LogP contribution in [0.5, 0.6) is 0 Å². The maximum atomic E-state index is 12.9. The number of aromatic nitrogens is 6. The minimum absolute atomic E-state index is 0.151. The second kappa shape index (κ2) is 5.59. The highest BCUT2D eigenvalue weighted by atomic mass is 16.1. The predicted molar refractivity (Wildman–Crippen MR) is 97.1 cm³/mol. The first kappa shape index (κ1) is 14.5. The Kier molecular flexibility index (Phi) is 3.11. The van der Waals surface area contributed by atoms with Crippen LogP contribution in [0.25, 0.3) is 33.8 Å². The number of para-hydroxylation sites is 1. The third-order valence-corrected chi connectivity index (χ3v) is 4.19. The minimum Gasteiger partial charge on any atom is -0.284 e. The number of rotatable bonds is 2. The molecule has 0 unspecified atom stereocenters. The number of benzene rings is 1. The number of fused-ring (bicyclic) bond motifs is 3. The van der Waals surface area contributed by atoms with Crippen molar-refractivity contribution >= 4 is 16.7 Å². The average Bonchev–Trinajstić information content (AvgIpc) is 3.14. The van der Waals surface area contributed by atoms with Crippen LogP contribution in [0.2, 0.25) is 0 Å². The van der Waals surface area contributed by atoms with E-state index in [0.717, 1.165) is 11.3 Å². The van der Waals surface area contributed by atoms with Gasteiger partial charge in [-0.15, -0.1) is 5.10 Å². The highest BCUT2D eigenvalue weighted by Crippen LogP contribution is 2.17. The lowest BCUT2D eigenvalue weighted by molar-refractivity contribution is 0.960. The maximum absolute atomic E-state index is 12.9. The van der Waals surface area contributed by atoms with Crippen LogP contribution in [0.15, 0.2) is 78.1 Å². The van der Waals surface area contributed by atoms with Crippen molar-refractivity contribution in [3.8, 4) is 17.1 Å². The number of hydrogen-bond acceptors (Lipinski definition) is 5. The predicted octanol–water partition coefficient (Wildman–Crippen LogP) is 2.49. The summed E-state index contributed by atoms with van der Waals surface area (Å²) in [6.45, 7) is 0. The van der Waals surface area contributed by atoms with Crippen LogP contribution in [0.3, 0.4) is 0 Å². The first-order valence-electron chi connectivity index (χ1n) is 8.04. The summed E-state index contributed by atoms with van der Waals surface area (Å²) in [5, 5.41) is 4.99. The van der Waals surface area contributed by atoms with E-state index in [4.69, 9.17) is 0 Å². The average molecular weight is 340 g/mol. The molecule has 0 aliphatic carbocycles. The minimum atomic E-state index is -0.151. The highest BCUT2D eigenvalue weighted by molar-refractivity contribution is 5.79. The molecule has 7 nitrogen and oxygen atoms in total. The van der Waals surface area contributed by atoms with E-state index < -0.39 is 0 Å². The fraction of sp³-hybridized carbons (Fsp3) is 0. The van der Waals surface area contributed by atoms with Crippen LogP contribution in [-0.4, -0.2) is 29.1 Å². The van der Waals surface area contributed by atoms with Gasteiger partial charge in [-0.25, -0.2) is 4.98 Å². The van der Waals surface area contributed by atoms with Crippen LogP contribution in [0.1, 0.15) is 0 Å². The fourth-order valence-corrected chi connectivity index (χ4v) is 2.93. The number of nitrogens with zero attached hydrogens (tertiary/aromatic N) is 6. The summed E-state index contributed by atoms with van der Waals surface area (Å²) in [5.41, 5.74) is 2.11.